The second-order valence-corrected chi connectivity index (χ2v) is 7.56. The lowest BCUT2D eigenvalue weighted by molar-refractivity contribution is -0.0108. The van der Waals surface area contributed by atoms with Crippen molar-refractivity contribution < 1.29 is 5.11 Å². The first-order valence-corrected chi connectivity index (χ1v) is 8.96. The topological polar surface area (TPSA) is 46.2 Å². The van der Waals surface area contributed by atoms with Crippen molar-refractivity contribution in [2.24, 2.45) is 17.1 Å². The van der Waals surface area contributed by atoms with Crippen LogP contribution in [-0.2, 0) is 0 Å². The number of aliphatic hydroxyl groups is 1. The van der Waals surface area contributed by atoms with Crippen molar-refractivity contribution in [3.8, 4) is 0 Å². The van der Waals surface area contributed by atoms with Gasteiger partial charge in [-0.3, -0.25) is 0 Å². The van der Waals surface area contributed by atoms with Crippen LogP contribution in [-0.4, -0.2) is 11.7 Å². The molecule has 0 bridgehead atoms. The van der Waals surface area contributed by atoms with Crippen molar-refractivity contribution in [2.75, 3.05) is 6.54 Å². The van der Waals surface area contributed by atoms with Crippen molar-refractivity contribution in [1.29, 1.82) is 0 Å². The molecule has 0 radical (unpaired) electrons. The Morgan fingerprint density at radius 3 is 2.57 bits per heavy atom. The first-order chi connectivity index (χ1) is 10.0. The van der Waals surface area contributed by atoms with E-state index in [0.29, 0.717) is 6.54 Å². The summed E-state index contributed by atoms with van der Waals surface area (Å²) in [4.78, 5) is 0. The van der Waals surface area contributed by atoms with Gasteiger partial charge in [0.2, 0.25) is 0 Å². The van der Waals surface area contributed by atoms with Gasteiger partial charge in [0.25, 0.3) is 0 Å². The molecule has 1 unspecified atom stereocenters. The van der Waals surface area contributed by atoms with Crippen LogP contribution in [0.25, 0.3) is 0 Å². The van der Waals surface area contributed by atoms with Crippen molar-refractivity contribution >= 4 is 15.9 Å². The van der Waals surface area contributed by atoms with E-state index in [9.17, 15) is 5.11 Å². The minimum absolute atomic E-state index is 0.140. The average molecular weight is 354 g/mol. The van der Waals surface area contributed by atoms with Gasteiger partial charge in [-0.25, -0.2) is 0 Å². The minimum atomic E-state index is -0.457. The lowest BCUT2D eigenvalue weighted by Gasteiger charge is -2.43. The highest BCUT2D eigenvalue weighted by molar-refractivity contribution is 9.10. The van der Waals surface area contributed by atoms with E-state index < -0.39 is 6.10 Å². The second kappa shape index (κ2) is 7.26. The van der Waals surface area contributed by atoms with Crippen LogP contribution >= 0.6 is 15.9 Å². The van der Waals surface area contributed by atoms with Crippen LogP contribution in [0, 0.1) is 18.3 Å². The number of halogens is 1. The summed E-state index contributed by atoms with van der Waals surface area (Å²) >= 11 is 3.57. The molecule has 118 valence electrons. The average Bonchev–Trinajstić information content (AvgIpc) is 2.51. The van der Waals surface area contributed by atoms with Crippen LogP contribution in [0.4, 0.5) is 0 Å². The van der Waals surface area contributed by atoms with Gasteiger partial charge in [-0.2, -0.15) is 0 Å². The predicted octanol–water partition coefficient (Wildman–Crippen LogP) is 4.73. The van der Waals surface area contributed by atoms with E-state index in [2.05, 4.69) is 41.9 Å². The van der Waals surface area contributed by atoms with Gasteiger partial charge >= 0.3 is 0 Å². The fourth-order valence-electron chi connectivity index (χ4n) is 3.67. The summed E-state index contributed by atoms with van der Waals surface area (Å²) < 4.78 is 1.06. The molecule has 1 fully saturated rings. The van der Waals surface area contributed by atoms with E-state index in [1.807, 2.05) is 6.07 Å². The summed E-state index contributed by atoms with van der Waals surface area (Å²) in [5.41, 5.74) is 8.14. The van der Waals surface area contributed by atoms with Crippen LogP contribution in [0.1, 0.15) is 62.7 Å². The Labute approximate surface area is 137 Å². The molecule has 0 aliphatic heterocycles. The summed E-state index contributed by atoms with van der Waals surface area (Å²) in [6, 6.07) is 6.16. The number of hydrogen-bond donors (Lipinski definition) is 2. The highest BCUT2D eigenvalue weighted by Gasteiger charge is 2.40. The van der Waals surface area contributed by atoms with Crippen molar-refractivity contribution in [1.82, 2.24) is 0 Å². The van der Waals surface area contributed by atoms with E-state index in [1.165, 1.54) is 31.2 Å². The SMILES string of the molecule is CCCC1CCC(CN)(C(O)c2ccc(C)c(Br)c2)CC1. The van der Waals surface area contributed by atoms with Gasteiger partial charge in [0.15, 0.2) is 0 Å². The molecule has 3 N–H and O–H groups in total. The molecular formula is C18H28BrNO. The van der Waals surface area contributed by atoms with Crippen LogP contribution < -0.4 is 5.73 Å². The molecule has 1 atom stereocenters. The Morgan fingerprint density at radius 2 is 2.05 bits per heavy atom. The first-order valence-electron chi connectivity index (χ1n) is 8.16. The predicted molar refractivity (Wildman–Crippen MR) is 92.2 cm³/mol. The lowest BCUT2D eigenvalue weighted by Crippen LogP contribution is -2.40. The number of hydrogen-bond acceptors (Lipinski definition) is 2. The van der Waals surface area contributed by atoms with Crippen LogP contribution in [0.5, 0.6) is 0 Å². The molecule has 0 heterocycles. The number of rotatable bonds is 5. The molecule has 1 aromatic rings. The molecule has 0 aromatic heterocycles. The highest BCUT2D eigenvalue weighted by Crippen LogP contribution is 2.48. The first kappa shape index (κ1) is 17.0. The molecule has 0 spiro atoms. The minimum Gasteiger partial charge on any atom is -0.388 e. The third-order valence-corrected chi connectivity index (χ3v) is 6.15. The molecule has 21 heavy (non-hydrogen) atoms. The van der Waals surface area contributed by atoms with E-state index in [-0.39, 0.29) is 5.41 Å². The van der Waals surface area contributed by atoms with Crippen LogP contribution in [0.3, 0.4) is 0 Å². The number of aliphatic hydroxyl groups excluding tert-OH is 1. The van der Waals surface area contributed by atoms with E-state index in [0.717, 1.165) is 28.8 Å². The molecule has 2 rings (SSSR count). The number of nitrogens with two attached hydrogens (primary N) is 1. The molecule has 1 aliphatic rings. The van der Waals surface area contributed by atoms with Gasteiger partial charge in [-0.05, 0) is 55.7 Å². The lowest BCUT2D eigenvalue weighted by atomic mass is 9.65. The molecule has 2 nitrogen and oxygen atoms in total. The van der Waals surface area contributed by atoms with Crippen molar-refractivity contribution in [3.05, 3.63) is 33.8 Å². The number of benzene rings is 1. The molecule has 3 heteroatoms. The van der Waals surface area contributed by atoms with Crippen LogP contribution in [0.15, 0.2) is 22.7 Å². The molecule has 0 saturated heterocycles. The third kappa shape index (κ3) is 3.69. The molecule has 1 aliphatic carbocycles. The van der Waals surface area contributed by atoms with E-state index >= 15 is 0 Å². The van der Waals surface area contributed by atoms with Crippen molar-refractivity contribution in [3.63, 3.8) is 0 Å². The van der Waals surface area contributed by atoms with Gasteiger partial charge in [0.1, 0.15) is 0 Å². The Morgan fingerprint density at radius 1 is 1.38 bits per heavy atom. The van der Waals surface area contributed by atoms with Crippen LogP contribution in [0.2, 0.25) is 0 Å². The van der Waals surface area contributed by atoms with E-state index in [4.69, 9.17) is 5.73 Å². The summed E-state index contributed by atoms with van der Waals surface area (Å²) in [7, 11) is 0. The summed E-state index contributed by atoms with van der Waals surface area (Å²) in [5.74, 6) is 0.826. The smallest absolute Gasteiger partial charge is 0.0858 e. The van der Waals surface area contributed by atoms with Gasteiger partial charge in [0.05, 0.1) is 6.10 Å². The Kier molecular flexibility index (Phi) is 5.87. The maximum absolute atomic E-state index is 10.9. The monoisotopic (exact) mass is 353 g/mol. The highest BCUT2D eigenvalue weighted by atomic mass is 79.9. The second-order valence-electron chi connectivity index (χ2n) is 6.71. The maximum Gasteiger partial charge on any atom is 0.0858 e. The molecule has 1 aromatic carbocycles. The normalized spacial score (nSPS) is 27.6. The summed E-state index contributed by atoms with van der Waals surface area (Å²) in [5, 5.41) is 10.9. The molecule has 1 saturated carbocycles. The van der Waals surface area contributed by atoms with Gasteiger partial charge in [0, 0.05) is 16.4 Å². The zero-order valence-electron chi connectivity index (χ0n) is 13.2. The summed E-state index contributed by atoms with van der Waals surface area (Å²) in [6.07, 6.45) is 6.61. The van der Waals surface area contributed by atoms with Gasteiger partial charge < -0.3 is 10.8 Å². The number of aryl methyl sites for hydroxylation is 1. The summed E-state index contributed by atoms with van der Waals surface area (Å²) in [6.45, 7) is 4.89. The molecule has 0 amide bonds. The Bertz CT molecular complexity index is 466. The fraction of sp³-hybridized carbons (Fsp3) is 0.667. The third-order valence-electron chi connectivity index (χ3n) is 5.30. The van der Waals surface area contributed by atoms with Crippen molar-refractivity contribution in [2.45, 2.75) is 58.5 Å². The zero-order chi connectivity index (χ0) is 15.5. The zero-order valence-corrected chi connectivity index (χ0v) is 14.8. The van der Waals surface area contributed by atoms with Gasteiger partial charge in [-0.15, -0.1) is 0 Å². The fourth-order valence-corrected chi connectivity index (χ4v) is 4.07. The van der Waals surface area contributed by atoms with E-state index in [1.54, 1.807) is 0 Å². The largest absolute Gasteiger partial charge is 0.388 e. The van der Waals surface area contributed by atoms with Gasteiger partial charge in [-0.1, -0.05) is 47.8 Å². The maximum atomic E-state index is 10.9. The Balaban J connectivity index is 2.15. The quantitative estimate of drug-likeness (QED) is 0.803. The molecular weight excluding hydrogens is 326 g/mol. The Hall–Kier alpha value is -0.380. The standard InChI is InChI=1S/C18H28BrNO/c1-3-4-14-7-9-18(12-20,10-8-14)17(21)15-6-5-13(2)16(19)11-15/h5-6,11,14,17,21H,3-4,7-10,12,20H2,1-2H3.